The van der Waals surface area contributed by atoms with Crippen molar-refractivity contribution in [3.63, 3.8) is 0 Å². The molecule has 1 unspecified atom stereocenters. The van der Waals surface area contributed by atoms with Gasteiger partial charge in [-0.3, -0.25) is 14.4 Å². The summed E-state index contributed by atoms with van der Waals surface area (Å²) in [6, 6.07) is 7.37. The van der Waals surface area contributed by atoms with Crippen molar-refractivity contribution in [1.82, 2.24) is 5.32 Å². The van der Waals surface area contributed by atoms with E-state index in [9.17, 15) is 22.4 Å². The number of fused-ring (bicyclic) bond motifs is 1. The van der Waals surface area contributed by atoms with Gasteiger partial charge in [-0.05, 0) is 37.3 Å². The summed E-state index contributed by atoms with van der Waals surface area (Å²) >= 11 is 0. The number of hydrogen-bond donors (Lipinski definition) is 3. The molecule has 3 N–H and O–H groups in total. The second-order valence-electron chi connectivity index (χ2n) is 6.85. The molecule has 0 saturated heterocycles. The van der Waals surface area contributed by atoms with E-state index in [0.29, 0.717) is 0 Å². The number of sulfonamides is 1. The summed E-state index contributed by atoms with van der Waals surface area (Å²) < 4.78 is 53.0. The molecule has 0 bridgehead atoms. The second-order valence-corrected chi connectivity index (χ2v) is 8.71. The molecule has 1 aliphatic rings. The quantitative estimate of drug-likeness (QED) is 0.569. The molecular formula is C20H22FN3O7S. The van der Waals surface area contributed by atoms with Crippen LogP contribution in [0.4, 0.5) is 20.6 Å². The predicted molar refractivity (Wildman–Crippen MR) is 113 cm³/mol. The Kier molecular flexibility index (Phi) is 6.72. The van der Waals surface area contributed by atoms with Crippen molar-refractivity contribution < 1.29 is 37.0 Å². The van der Waals surface area contributed by atoms with E-state index in [0.717, 1.165) is 22.5 Å². The summed E-state index contributed by atoms with van der Waals surface area (Å²) in [6.45, 7) is 2.98. The van der Waals surface area contributed by atoms with Crippen molar-refractivity contribution in [2.45, 2.75) is 24.8 Å². The van der Waals surface area contributed by atoms with E-state index in [1.54, 1.807) is 6.92 Å². The van der Waals surface area contributed by atoms with Crippen LogP contribution in [0.2, 0.25) is 0 Å². The molecule has 1 atom stereocenters. The number of nitrogens with zero attached hydrogens (tertiary/aromatic N) is 1. The zero-order valence-electron chi connectivity index (χ0n) is 17.3. The van der Waals surface area contributed by atoms with Gasteiger partial charge in [0.05, 0.1) is 30.3 Å². The number of ether oxygens (including phenoxy) is 2. The maximum absolute atomic E-state index is 14.0. The maximum atomic E-state index is 14.0. The van der Waals surface area contributed by atoms with E-state index in [4.69, 9.17) is 14.6 Å². The molecule has 0 aromatic heterocycles. The van der Waals surface area contributed by atoms with Gasteiger partial charge < -0.3 is 19.9 Å². The maximum Gasteiger partial charge on any atom is 0.409 e. The van der Waals surface area contributed by atoms with Crippen LogP contribution in [0.25, 0.3) is 0 Å². The molecule has 1 aliphatic heterocycles. The Morgan fingerprint density at radius 2 is 2.03 bits per heavy atom. The van der Waals surface area contributed by atoms with Crippen molar-refractivity contribution in [3.05, 3.63) is 42.2 Å². The Labute approximate surface area is 184 Å². The van der Waals surface area contributed by atoms with Gasteiger partial charge in [-0.2, -0.15) is 0 Å². The lowest BCUT2D eigenvalue weighted by Crippen LogP contribution is -2.48. The molecule has 1 heterocycles. The molecule has 2 aromatic rings. The van der Waals surface area contributed by atoms with E-state index in [2.05, 4.69) is 10.6 Å². The van der Waals surface area contributed by atoms with Crippen LogP contribution in [0.3, 0.4) is 0 Å². The van der Waals surface area contributed by atoms with Gasteiger partial charge in [0.25, 0.3) is 10.0 Å². The number of amides is 2. The lowest BCUT2D eigenvalue weighted by atomic mass is 10.2. The van der Waals surface area contributed by atoms with Gasteiger partial charge in [-0.15, -0.1) is 0 Å². The van der Waals surface area contributed by atoms with Crippen LogP contribution in [0.15, 0.2) is 41.3 Å². The van der Waals surface area contributed by atoms with Crippen LogP contribution < -0.4 is 24.4 Å². The average molecular weight is 467 g/mol. The molecule has 0 radical (unpaired) electrons. The van der Waals surface area contributed by atoms with Crippen molar-refractivity contribution in [1.29, 1.82) is 0 Å². The SMILES string of the molecule is CCOc1cc(S(=O)(=O)N2CC(CNC(C)=O)Oc3ccc(NC(=O)O)cc32)ccc1F. The minimum atomic E-state index is -4.23. The lowest BCUT2D eigenvalue weighted by molar-refractivity contribution is -0.119. The van der Waals surface area contributed by atoms with Gasteiger partial charge in [0, 0.05) is 18.7 Å². The fourth-order valence-electron chi connectivity index (χ4n) is 3.14. The van der Waals surface area contributed by atoms with Crippen molar-refractivity contribution in [2.24, 2.45) is 0 Å². The molecule has 2 amide bonds. The molecule has 0 saturated carbocycles. The Morgan fingerprint density at radius 1 is 1.28 bits per heavy atom. The van der Waals surface area contributed by atoms with Gasteiger partial charge >= 0.3 is 6.09 Å². The van der Waals surface area contributed by atoms with E-state index in [1.807, 2.05) is 0 Å². The zero-order chi connectivity index (χ0) is 23.5. The van der Waals surface area contributed by atoms with Crippen molar-refractivity contribution >= 4 is 33.4 Å². The van der Waals surface area contributed by atoms with Crippen LogP contribution >= 0.6 is 0 Å². The molecule has 0 fully saturated rings. The monoisotopic (exact) mass is 467 g/mol. The number of hydrogen-bond acceptors (Lipinski definition) is 6. The number of anilines is 2. The van der Waals surface area contributed by atoms with Crippen molar-refractivity contribution in [2.75, 3.05) is 29.3 Å². The van der Waals surface area contributed by atoms with Gasteiger partial charge in [0.1, 0.15) is 11.9 Å². The summed E-state index contributed by atoms with van der Waals surface area (Å²) in [7, 11) is -4.23. The summed E-state index contributed by atoms with van der Waals surface area (Å²) in [5, 5.41) is 13.7. The van der Waals surface area contributed by atoms with Crippen LogP contribution in [-0.4, -0.2) is 51.3 Å². The van der Waals surface area contributed by atoms with Crippen LogP contribution in [0.5, 0.6) is 11.5 Å². The van der Waals surface area contributed by atoms with Gasteiger partial charge in [-0.1, -0.05) is 0 Å². The Bertz CT molecular complexity index is 1140. The predicted octanol–water partition coefficient (Wildman–Crippen LogP) is 2.41. The number of halogens is 1. The van der Waals surface area contributed by atoms with E-state index >= 15 is 0 Å². The van der Waals surface area contributed by atoms with Crippen LogP contribution in [-0.2, 0) is 14.8 Å². The Balaban J connectivity index is 2.06. The first-order valence-electron chi connectivity index (χ1n) is 9.62. The van der Waals surface area contributed by atoms with Gasteiger partial charge in [0.15, 0.2) is 11.6 Å². The molecule has 32 heavy (non-hydrogen) atoms. The molecule has 0 aliphatic carbocycles. The minimum absolute atomic E-state index is 0.0452. The summed E-state index contributed by atoms with van der Waals surface area (Å²) in [4.78, 5) is 22.1. The standard InChI is InChI=1S/C20H22FN3O7S/c1-3-30-19-9-15(5-6-16(19)21)32(28,29)24-11-14(10-22-12(2)25)31-18-7-4-13(8-17(18)24)23-20(26)27/h4-9,14,23H,3,10-11H2,1-2H3,(H,22,25)(H,26,27). The molecule has 10 nitrogen and oxygen atoms in total. The van der Waals surface area contributed by atoms with Crippen LogP contribution in [0, 0.1) is 5.82 Å². The molecule has 2 aromatic carbocycles. The van der Waals surface area contributed by atoms with Crippen LogP contribution in [0.1, 0.15) is 13.8 Å². The molecule has 0 spiro atoms. The number of rotatable bonds is 7. The van der Waals surface area contributed by atoms with E-state index in [1.165, 1.54) is 25.1 Å². The highest BCUT2D eigenvalue weighted by atomic mass is 32.2. The highest BCUT2D eigenvalue weighted by molar-refractivity contribution is 7.92. The highest BCUT2D eigenvalue weighted by Gasteiger charge is 2.35. The number of nitrogens with one attached hydrogen (secondary N) is 2. The van der Waals surface area contributed by atoms with Gasteiger partial charge in [0.2, 0.25) is 5.91 Å². The largest absolute Gasteiger partial charge is 0.491 e. The molecule has 12 heteroatoms. The normalized spacial score (nSPS) is 15.3. The Hall–Kier alpha value is -3.54. The fourth-order valence-corrected chi connectivity index (χ4v) is 4.66. The summed E-state index contributed by atoms with van der Waals surface area (Å²) in [5.41, 5.74) is 0.229. The minimum Gasteiger partial charge on any atom is -0.491 e. The van der Waals surface area contributed by atoms with E-state index in [-0.39, 0.29) is 53.4 Å². The number of carbonyl (C=O) groups excluding carboxylic acids is 1. The average Bonchev–Trinajstić information content (AvgIpc) is 2.72. The third kappa shape index (κ3) is 5.02. The topological polar surface area (TPSA) is 134 Å². The highest BCUT2D eigenvalue weighted by Crippen LogP contribution is 2.39. The Morgan fingerprint density at radius 3 is 2.69 bits per heavy atom. The molecular weight excluding hydrogens is 445 g/mol. The first kappa shape index (κ1) is 23.1. The smallest absolute Gasteiger partial charge is 0.409 e. The van der Waals surface area contributed by atoms with E-state index < -0.39 is 28.0 Å². The number of benzene rings is 2. The summed E-state index contributed by atoms with van der Waals surface area (Å²) in [6.07, 6.45) is -2.04. The number of carboxylic acid groups (broad SMARTS) is 1. The zero-order valence-corrected chi connectivity index (χ0v) is 18.1. The third-order valence-electron chi connectivity index (χ3n) is 4.51. The number of carbonyl (C=O) groups is 2. The third-order valence-corrected chi connectivity index (χ3v) is 6.29. The molecule has 172 valence electrons. The van der Waals surface area contributed by atoms with Gasteiger partial charge in [-0.25, -0.2) is 17.6 Å². The summed E-state index contributed by atoms with van der Waals surface area (Å²) in [5.74, 6) is -1.05. The fraction of sp³-hybridized carbons (Fsp3) is 0.300. The first-order chi connectivity index (χ1) is 15.1. The first-order valence-corrected chi connectivity index (χ1v) is 11.1. The lowest BCUT2D eigenvalue weighted by Gasteiger charge is -2.35. The second kappa shape index (κ2) is 9.30. The molecule has 3 rings (SSSR count). The van der Waals surface area contributed by atoms with Crippen molar-refractivity contribution in [3.8, 4) is 11.5 Å².